The molecular formula is C21H21ClN2O4S. The molecule has 1 N–H and O–H groups in total. The summed E-state index contributed by atoms with van der Waals surface area (Å²) < 4.78 is 10.4. The zero-order valence-corrected chi connectivity index (χ0v) is 17.6. The van der Waals surface area contributed by atoms with Crippen molar-refractivity contribution in [3.63, 3.8) is 0 Å². The second-order valence-corrected chi connectivity index (χ2v) is 7.70. The first-order valence-electron chi connectivity index (χ1n) is 8.86. The number of rotatable bonds is 6. The fraction of sp³-hybridized carbons (Fsp3) is 0.238. The van der Waals surface area contributed by atoms with E-state index in [1.165, 1.54) is 17.8 Å². The Kier molecular flexibility index (Phi) is 7.06. The number of nitrogens with one attached hydrogen (secondary N) is 1. The molecule has 1 atom stereocenters. The first-order valence-corrected chi connectivity index (χ1v) is 10.4. The van der Waals surface area contributed by atoms with Gasteiger partial charge in [-0.15, -0.1) is 11.8 Å². The van der Waals surface area contributed by atoms with Crippen LogP contribution in [-0.4, -0.2) is 48.6 Å². The summed E-state index contributed by atoms with van der Waals surface area (Å²) in [6.45, 7) is 0. The standard InChI is InChI=1S/C21H21ClN2O4S/c1-27-17-7-5-16(6-8-17)23-21(26)18-12-29-13-24(18)20(25)10-3-14-11-15(22)4-9-19(14)28-2/h3-11,18H,12-13H2,1-2H3,(H,23,26)/b10-3+. The minimum atomic E-state index is -0.541. The van der Waals surface area contributed by atoms with E-state index in [9.17, 15) is 9.59 Å². The van der Waals surface area contributed by atoms with Crippen molar-refractivity contribution in [3.8, 4) is 11.5 Å². The largest absolute Gasteiger partial charge is 0.497 e. The van der Waals surface area contributed by atoms with Crippen LogP contribution in [0.3, 0.4) is 0 Å². The Morgan fingerprint density at radius 1 is 1.17 bits per heavy atom. The summed E-state index contributed by atoms with van der Waals surface area (Å²) in [4.78, 5) is 27.0. The third-order valence-corrected chi connectivity index (χ3v) is 5.67. The molecule has 1 aliphatic heterocycles. The van der Waals surface area contributed by atoms with Crippen molar-refractivity contribution in [2.45, 2.75) is 6.04 Å². The van der Waals surface area contributed by atoms with E-state index >= 15 is 0 Å². The van der Waals surface area contributed by atoms with Gasteiger partial charge in [-0.3, -0.25) is 9.59 Å². The highest BCUT2D eigenvalue weighted by atomic mass is 35.5. The van der Waals surface area contributed by atoms with Crippen LogP contribution in [0.15, 0.2) is 48.5 Å². The van der Waals surface area contributed by atoms with E-state index in [1.807, 2.05) is 0 Å². The van der Waals surface area contributed by atoms with Crippen molar-refractivity contribution >= 4 is 46.9 Å². The van der Waals surface area contributed by atoms with Crippen LogP contribution in [0.5, 0.6) is 11.5 Å². The van der Waals surface area contributed by atoms with Gasteiger partial charge in [0.2, 0.25) is 11.8 Å². The van der Waals surface area contributed by atoms with Crippen molar-refractivity contribution in [1.82, 2.24) is 4.90 Å². The van der Waals surface area contributed by atoms with Crippen molar-refractivity contribution in [3.05, 3.63) is 59.1 Å². The van der Waals surface area contributed by atoms with Gasteiger partial charge in [-0.1, -0.05) is 11.6 Å². The highest BCUT2D eigenvalue weighted by Gasteiger charge is 2.33. The predicted octanol–water partition coefficient (Wildman–Crippen LogP) is 3.91. The molecule has 1 fully saturated rings. The molecule has 2 aromatic carbocycles. The smallest absolute Gasteiger partial charge is 0.248 e. The zero-order valence-electron chi connectivity index (χ0n) is 16.1. The van der Waals surface area contributed by atoms with Gasteiger partial charge in [0.25, 0.3) is 0 Å². The van der Waals surface area contributed by atoms with E-state index in [0.29, 0.717) is 39.4 Å². The van der Waals surface area contributed by atoms with Gasteiger partial charge < -0.3 is 19.7 Å². The number of thioether (sulfide) groups is 1. The molecule has 0 aromatic heterocycles. The lowest BCUT2D eigenvalue weighted by molar-refractivity contribution is -0.132. The van der Waals surface area contributed by atoms with Crippen LogP contribution in [0.25, 0.3) is 6.08 Å². The van der Waals surface area contributed by atoms with E-state index in [2.05, 4.69) is 5.32 Å². The molecule has 0 bridgehead atoms. The molecule has 8 heteroatoms. The number of hydrogen-bond acceptors (Lipinski definition) is 5. The van der Waals surface area contributed by atoms with E-state index in [-0.39, 0.29) is 11.8 Å². The zero-order chi connectivity index (χ0) is 20.8. The number of nitrogens with zero attached hydrogens (tertiary/aromatic N) is 1. The van der Waals surface area contributed by atoms with Crippen LogP contribution >= 0.6 is 23.4 Å². The number of anilines is 1. The lowest BCUT2D eigenvalue weighted by Crippen LogP contribution is -2.43. The van der Waals surface area contributed by atoms with E-state index < -0.39 is 6.04 Å². The quantitative estimate of drug-likeness (QED) is 0.701. The molecule has 0 spiro atoms. The van der Waals surface area contributed by atoms with Crippen molar-refractivity contribution in [2.75, 3.05) is 31.2 Å². The highest BCUT2D eigenvalue weighted by Crippen LogP contribution is 2.26. The maximum atomic E-state index is 12.7. The van der Waals surface area contributed by atoms with Gasteiger partial charge in [-0.2, -0.15) is 0 Å². The maximum Gasteiger partial charge on any atom is 0.248 e. The van der Waals surface area contributed by atoms with Crippen LogP contribution < -0.4 is 14.8 Å². The number of halogens is 1. The third kappa shape index (κ3) is 5.25. The number of hydrogen-bond donors (Lipinski definition) is 1. The van der Waals surface area contributed by atoms with Gasteiger partial charge in [-0.25, -0.2) is 0 Å². The SMILES string of the molecule is COc1ccc(NC(=O)C2CSCN2C(=O)/C=C/c2cc(Cl)ccc2OC)cc1. The van der Waals surface area contributed by atoms with Gasteiger partial charge in [-0.05, 0) is 48.5 Å². The van der Waals surface area contributed by atoms with Crippen LogP contribution in [0, 0.1) is 0 Å². The van der Waals surface area contributed by atoms with Crippen molar-refractivity contribution < 1.29 is 19.1 Å². The van der Waals surface area contributed by atoms with Gasteiger partial charge in [0.1, 0.15) is 17.5 Å². The number of carbonyl (C=O) groups is 2. The molecule has 6 nitrogen and oxygen atoms in total. The number of amides is 2. The lowest BCUT2D eigenvalue weighted by Gasteiger charge is -2.21. The Hall–Kier alpha value is -2.64. The summed E-state index contributed by atoms with van der Waals surface area (Å²) in [6.07, 6.45) is 3.09. The molecular weight excluding hydrogens is 412 g/mol. The van der Waals surface area contributed by atoms with E-state index in [0.717, 1.165) is 0 Å². The molecule has 2 aromatic rings. The average molecular weight is 433 g/mol. The van der Waals surface area contributed by atoms with Crippen molar-refractivity contribution in [2.24, 2.45) is 0 Å². The van der Waals surface area contributed by atoms with Gasteiger partial charge >= 0.3 is 0 Å². The fourth-order valence-electron chi connectivity index (χ4n) is 2.87. The number of benzene rings is 2. The molecule has 1 aliphatic rings. The Morgan fingerprint density at radius 2 is 1.93 bits per heavy atom. The molecule has 0 saturated carbocycles. The molecule has 2 amide bonds. The summed E-state index contributed by atoms with van der Waals surface area (Å²) >= 11 is 7.57. The summed E-state index contributed by atoms with van der Waals surface area (Å²) in [7, 11) is 3.14. The van der Waals surface area contributed by atoms with Crippen LogP contribution in [0.1, 0.15) is 5.56 Å². The third-order valence-electron chi connectivity index (χ3n) is 4.42. The molecule has 0 radical (unpaired) electrons. The topological polar surface area (TPSA) is 67.9 Å². The first kappa shape index (κ1) is 21.1. The fourth-order valence-corrected chi connectivity index (χ4v) is 4.21. The summed E-state index contributed by atoms with van der Waals surface area (Å²) in [6, 6.07) is 11.7. The van der Waals surface area contributed by atoms with Crippen LogP contribution in [0.2, 0.25) is 5.02 Å². The van der Waals surface area contributed by atoms with Gasteiger partial charge in [0, 0.05) is 28.1 Å². The molecule has 1 unspecified atom stereocenters. The van der Waals surface area contributed by atoms with Crippen molar-refractivity contribution in [1.29, 1.82) is 0 Å². The lowest BCUT2D eigenvalue weighted by atomic mass is 10.1. The molecule has 152 valence electrons. The Labute approximate surface area is 178 Å². The first-order chi connectivity index (χ1) is 14.0. The number of methoxy groups -OCH3 is 2. The molecule has 0 aliphatic carbocycles. The molecule has 3 rings (SSSR count). The highest BCUT2D eigenvalue weighted by molar-refractivity contribution is 7.99. The monoisotopic (exact) mass is 432 g/mol. The Morgan fingerprint density at radius 3 is 2.62 bits per heavy atom. The summed E-state index contributed by atoms with van der Waals surface area (Å²) in [5.74, 6) is 1.86. The average Bonchev–Trinajstić information content (AvgIpc) is 3.23. The summed E-state index contributed by atoms with van der Waals surface area (Å²) in [5, 5.41) is 3.40. The minimum Gasteiger partial charge on any atom is -0.497 e. The second kappa shape index (κ2) is 9.71. The minimum absolute atomic E-state index is 0.220. The Bertz CT molecular complexity index is 917. The summed E-state index contributed by atoms with van der Waals surface area (Å²) in [5.41, 5.74) is 1.35. The van der Waals surface area contributed by atoms with Gasteiger partial charge in [0.05, 0.1) is 20.1 Å². The van der Waals surface area contributed by atoms with E-state index in [4.69, 9.17) is 21.1 Å². The number of ether oxygens (including phenoxy) is 2. The van der Waals surface area contributed by atoms with E-state index in [1.54, 1.807) is 67.7 Å². The molecule has 1 heterocycles. The number of carbonyl (C=O) groups excluding carboxylic acids is 2. The normalized spacial score (nSPS) is 16.1. The van der Waals surface area contributed by atoms with Crippen LogP contribution in [-0.2, 0) is 9.59 Å². The predicted molar refractivity (Wildman–Crippen MR) is 117 cm³/mol. The van der Waals surface area contributed by atoms with Gasteiger partial charge in [0.15, 0.2) is 0 Å². The second-order valence-electron chi connectivity index (χ2n) is 6.26. The molecule has 29 heavy (non-hydrogen) atoms. The Balaban J connectivity index is 1.68. The molecule has 1 saturated heterocycles. The van der Waals surface area contributed by atoms with Crippen LogP contribution in [0.4, 0.5) is 5.69 Å². The maximum absolute atomic E-state index is 12.7.